The summed E-state index contributed by atoms with van der Waals surface area (Å²) < 4.78 is 11.3. The molecule has 4 heteroatoms. The second-order valence-electron chi connectivity index (χ2n) is 7.41. The van der Waals surface area contributed by atoms with Crippen molar-refractivity contribution >= 4 is 27.6 Å². The zero-order chi connectivity index (χ0) is 20.3. The number of benzene rings is 3. The number of carbonyl (C=O) groups is 1. The summed E-state index contributed by atoms with van der Waals surface area (Å²) in [7, 11) is 0. The maximum atomic E-state index is 13.4. The van der Waals surface area contributed by atoms with E-state index in [1.165, 1.54) is 0 Å². The Morgan fingerprint density at radius 1 is 0.800 bits per heavy atom. The van der Waals surface area contributed by atoms with Gasteiger partial charge in [-0.05, 0) is 34.5 Å². The summed E-state index contributed by atoms with van der Waals surface area (Å²) in [6.07, 6.45) is 3.62. The molecular weight excluding hydrogens is 374 g/mol. The van der Waals surface area contributed by atoms with Gasteiger partial charge in [0.05, 0.1) is 25.5 Å². The van der Waals surface area contributed by atoms with Gasteiger partial charge in [0, 0.05) is 17.5 Å². The van der Waals surface area contributed by atoms with E-state index < -0.39 is 0 Å². The molecule has 4 nitrogen and oxygen atoms in total. The number of rotatable bonds is 6. The highest BCUT2D eigenvalue weighted by molar-refractivity contribution is 6.08. The van der Waals surface area contributed by atoms with Crippen LogP contribution in [-0.2, 0) is 24.3 Å². The fourth-order valence-corrected chi connectivity index (χ4v) is 3.91. The van der Waals surface area contributed by atoms with Crippen LogP contribution in [0.1, 0.15) is 16.9 Å². The first-order valence-corrected chi connectivity index (χ1v) is 10.00. The molecule has 0 N–H and O–H groups in total. The zero-order valence-electron chi connectivity index (χ0n) is 16.5. The van der Waals surface area contributed by atoms with Crippen molar-refractivity contribution in [3.05, 3.63) is 108 Å². The van der Waals surface area contributed by atoms with Gasteiger partial charge >= 0.3 is 0 Å². The maximum absolute atomic E-state index is 13.4. The standard InChI is InChI=1S/C26H21NO3/c28-25(27(17-22-10-6-14-29-22)16-19-7-2-1-3-8-19)15-21-18-30-24-13-12-20-9-4-5-11-23(20)26(21)24/h1-14,18H,15-17H2. The quantitative estimate of drug-likeness (QED) is 0.357. The molecule has 0 bridgehead atoms. The van der Waals surface area contributed by atoms with Crippen LogP contribution in [0.5, 0.6) is 0 Å². The largest absolute Gasteiger partial charge is 0.467 e. The first-order chi connectivity index (χ1) is 14.8. The monoisotopic (exact) mass is 395 g/mol. The van der Waals surface area contributed by atoms with Gasteiger partial charge in [-0.25, -0.2) is 0 Å². The molecule has 148 valence electrons. The van der Waals surface area contributed by atoms with Gasteiger partial charge in [-0.2, -0.15) is 0 Å². The van der Waals surface area contributed by atoms with E-state index >= 15 is 0 Å². The molecule has 0 spiro atoms. The molecule has 1 amide bonds. The zero-order valence-corrected chi connectivity index (χ0v) is 16.5. The van der Waals surface area contributed by atoms with Gasteiger partial charge in [0.1, 0.15) is 11.3 Å². The summed E-state index contributed by atoms with van der Waals surface area (Å²) >= 11 is 0. The van der Waals surface area contributed by atoms with Crippen LogP contribution < -0.4 is 0 Å². The smallest absolute Gasteiger partial charge is 0.227 e. The van der Waals surface area contributed by atoms with E-state index in [2.05, 4.69) is 12.1 Å². The summed E-state index contributed by atoms with van der Waals surface area (Å²) in [5, 5.41) is 3.25. The van der Waals surface area contributed by atoms with Gasteiger partial charge in [-0.3, -0.25) is 4.79 Å². The van der Waals surface area contributed by atoms with E-state index in [0.717, 1.165) is 38.6 Å². The Bertz CT molecular complexity index is 1290. The van der Waals surface area contributed by atoms with Crippen molar-refractivity contribution in [1.29, 1.82) is 0 Å². The predicted octanol–water partition coefficient (Wildman–Crippen LogP) is 5.95. The molecule has 0 aliphatic carbocycles. The molecule has 0 unspecified atom stereocenters. The normalized spacial score (nSPS) is 11.2. The lowest BCUT2D eigenvalue weighted by Crippen LogP contribution is -2.31. The predicted molar refractivity (Wildman–Crippen MR) is 117 cm³/mol. The fourth-order valence-electron chi connectivity index (χ4n) is 3.91. The number of fused-ring (bicyclic) bond motifs is 3. The van der Waals surface area contributed by atoms with Gasteiger partial charge < -0.3 is 13.7 Å². The lowest BCUT2D eigenvalue weighted by Gasteiger charge is -2.22. The van der Waals surface area contributed by atoms with Crippen LogP contribution in [0.3, 0.4) is 0 Å². The second-order valence-corrected chi connectivity index (χ2v) is 7.41. The number of hydrogen-bond acceptors (Lipinski definition) is 3. The van der Waals surface area contributed by atoms with E-state index in [1.807, 2.05) is 71.6 Å². The SMILES string of the molecule is O=C(Cc1coc2ccc3ccccc3c12)N(Cc1ccccc1)Cc1ccco1. The van der Waals surface area contributed by atoms with Gasteiger partial charge in [0.25, 0.3) is 0 Å². The molecule has 0 fully saturated rings. The molecule has 2 aromatic heterocycles. The third-order valence-corrected chi connectivity index (χ3v) is 5.38. The van der Waals surface area contributed by atoms with Crippen LogP contribution in [0, 0.1) is 0 Å². The summed E-state index contributed by atoms with van der Waals surface area (Å²) in [6.45, 7) is 0.953. The molecule has 0 aliphatic heterocycles. The number of furan rings is 2. The summed E-state index contributed by atoms with van der Waals surface area (Å²) in [5.41, 5.74) is 2.79. The van der Waals surface area contributed by atoms with Crippen molar-refractivity contribution in [3.8, 4) is 0 Å². The molecule has 5 aromatic rings. The Balaban J connectivity index is 1.47. The van der Waals surface area contributed by atoms with Crippen LogP contribution >= 0.6 is 0 Å². The topological polar surface area (TPSA) is 46.6 Å². The minimum Gasteiger partial charge on any atom is -0.467 e. The average molecular weight is 395 g/mol. The minimum absolute atomic E-state index is 0.0332. The van der Waals surface area contributed by atoms with E-state index in [4.69, 9.17) is 8.83 Å². The van der Waals surface area contributed by atoms with Crippen LogP contribution in [0.15, 0.2) is 100 Å². The highest BCUT2D eigenvalue weighted by Crippen LogP contribution is 2.30. The van der Waals surface area contributed by atoms with Crippen LogP contribution in [0.4, 0.5) is 0 Å². The van der Waals surface area contributed by atoms with Crippen molar-refractivity contribution < 1.29 is 13.6 Å². The number of nitrogens with zero attached hydrogens (tertiary/aromatic N) is 1. The number of amides is 1. The summed E-state index contributed by atoms with van der Waals surface area (Å²) in [6, 6.07) is 25.9. The van der Waals surface area contributed by atoms with Crippen LogP contribution in [0.2, 0.25) is 0 Å². The number of hydrogen-bond donors (Lipinski definition) is 0. The lowest BCUT2D eigenvalue weighted by molar-refractivity contribution is -0.132. The number of carbonyl (C=O) groups excluding carboxylic acids is 1. The molecule has 0 saturated heterocycles. The molecule has 0 radical (unpaired) electrons. The minimum atomic E-state index is 0.0332. The molecule has 0 aliphatic rings. The van der Waals surface area contributed by atoms with Crippen molar-refractivity contribution in [3.63, 3.8) is 0 Å². The Morgan fingerprint density at radius 2 is 1.63 bits per heavy atom. The first kappa shape index (κ1) is 18.3. The van der Waals surface area contributed by atoms with Gasteiger partial charge in [0.2, 0.25) is 5.91 Å². The van der Waals surface area contributed by atoms with E-state index in [9.17, 15) is 4.79 Å². The third kappa shape index (κ3) is 3.60. The van der Waals surface area contributed by atoms with E-state index in [1.54, 1.807) is 12.5 Å². The summed E-state index contributed by atoms with van der Waals surface area (Å²) in [4.78, 5) is 15.2. The lowest BCUT2D eigenvalue weighted by atomic mass is 10.0. The van der Waals surface area contributed by atoms with Crippen molar-refractivity contribution in [2.24, 2.45) is 0 Å². The Kier molecular flexibility index (Phi) is 4.81. The maximum Gasteiger partial charge on any atom is 0.227 e. The van der Waals surface area contributed by atoms with Crippen molar-refractivity contribution in [2.75, 3.05) is 0 Å². The molecule has 5 rings (SSSR count). The van der Waals surface area contributed by atoms with Gasteiger partial charge in [0.15, 0.2) is 0 Å². The molecule has 30 heavy (non-hydrogen) atoms. The third-order valence-electron chi connectivity index (χ3n) is 5.38. The molecule has 2 heterocycles. The molecule has 3 aromatic carbocycles. The summed E-state index contributed by atoms with van der Waals surface area (Å²) in [5.74, 6) is 0.799. The van der Waals surface area contributed by atoms with Crippen LogP contribution in [-0.4, -0.2) is 10.8 Å². The molecular formula is C26H21NO3. The van der Waals surface area contributed by atoms with Crippen LogP contribution in [0.25, 0.3) is 21.7 Å². The Labute approximate surface area is 174 Å². The Morgan fingerprint density at radius 3 is 2.47 bits per heavy atom. The highest BCUT2D eigenvalue weighted by Gasteiger charge is 2.19. The van der Waals surface area contributed by atoms with Gasteiger partial charge in [-0.15, -0.1) is 0 Å². The Hall–Kier alpha value is -3.79. The van der Waals surface area contributed by atoms with Gasteiger partial charge in [-0.1, -0.05) is 60.7 Å². The second kappa shape index (κ2) is 7.91. The molecule has 0 saturated carbocycles. The highest BCUT2D eigenvalue weighted by atomic mass is 16.3. The fraction of sp³-hybridized carbons (Fsp3) is 0.115. The van der Waals surface area contributed by atoms with Crippen molar-refractivity contribution in [2.45, 2.75) is 19.5 Å². The van der Waals surface area contributed by atoms with E-state index in [-0.39, 0.29) is 12.3 Å². The molecule has 0 atom stereocenters. The van der Waals surface area contributed by atoms with Crippen molar-refractivity contribution in [1.82, 2.24) is 4.90 Å². The average Bonchev–Trinajstić information content (AvgIpc) is 3.44. The van der Waals surface area contributed by atoms with E-state index in [0.29, 0.717) is 13.1 Å². The first-order valence-electron chi connectivity index (χ1n) is 10.00.